The SMILES string of the molecule is Cn1nnnc1CNC(=O)[C@@H]1CN(Cc2ccccc2)C[C@@]1(C)c1ccccc1. The molecule has 0 spiro atoms. The minimum Gasteiger partial charge on any atom is -0.348 e. The second-order valence-corrected chi connectivity index (χ2v) is 7.93. The Labute approximate surface area is 170 Å². The van der Waals surface area contributed by atoms with Crippen LogP contribution in [-0.2, 0) is 30.3 Å². The standard InChI is InChI=1S/C22H26N6O/c1-22(18-11-7-4-8-12-18)16-28(14-17-9-5-3-6-10-17)15-19(22)21(29)23-13-20-24-25-26-27(20)2/h3-12,19H,13-16H2,1-2H3,(H,23,29)/t19-,22-/m0/s1. The molecule has 1 N–H and O–H groups in total. The van der Waals surface area contributed by atoms with E-state index in [-0.39, 0.29) is 17.2 Å². The van der Waals surface area contributed by atoms with E-state index in [2.05, 4.69) is 69.1 Å². The van der Waals surface area contributed by atoms with E-state index in [1.54, 1.807) is 11.7 Å². The van der Waals surface area contributed by atoms with Crippen molar-refractivity contribution in [1.82, 2.24) is 30.4 Å². The topological polar surface area (TPSA) is 75.9 Å². The molecule has 1 saturated heterocycles. The summed E-state index contributed by atoms with van der Waals surface area (Å²) in [6, 6.07) is 20.8. The predicted octanol–water partition coefficient (Wildman–Crippen LogP) is 1.92. The highest BCUT2D eigenvalue weighted by Gasteiger charge is 2.47. The zero-order chi connectivity index (χ0) is 20.3. The number of aromatic nitrogens is 4. The highest BCUT2D eigenvalue weighted by Crippen LogP contribution is 2.39. The summed E-state index contributed by atoms with van der Waals surface area (Å²) in [5.41, 5.74) is 2.18. The fourth-order valence-corrected chi connectivity index (χ4v) is 4.23. The molecule has 0 aliphatic carbocycles. The van der Waals surface area contributed by atoms with Gasteiger partial charge in [-0.25, -0.2) is 4.68 Å². The van der Waals surface area contributed by atoms with Gasteiger partial charge >= 0.3 is 0 Å². The lowest BCUT2D eigenvalue weighted by atomic mass is 9.73. The number of amides is 1. The Bertz CT molecular complexity index is 958. The Balaban J connectivity index is 1.54. The van der Waals surface area contributed by atoms with Crippen molar-refractivity contribution in [3.05, 3.63) is 77.6 Å². The second kappa shape index (κ2) is 8.13. The summed E-state index contributed by atoms with van der Waals surface area (Å²) in [6.07, 6.45) is 0. The first-order valence-electron chi connectivity index (χ1n) is 9.87. The molecule has 0 bridgehead atoms. The molecular formula is C22H26N6O. The van der Waals surface area contributed by atoms with Gasteiger partial charge in [-0.15, -0.1) is 5.10 Å². The van der Waals surface area contributed by atoms with Gasteiger partial charge in [0.05, 0.1) is 12.5 Å². The summed E-state index contributed by atoms with van der Waals surface area (Å²) in [4.78, 5) is 15.6. The number of rotatable bonds is 6. The Morgan fingerprint density at radius 3 is 2.48 bits per heavy atom. The molecule has 1 fully saturated rings. The van der Waals surface area contributed by atoms with Crippen LogP contribution < -0.4 is 5.32 Å². The average Bonchev–Trinajstić information content (AvgIpc) is 3.31. The molecule has 0 saturated carbocycles. The van der Waals surface area contributed by atoms with Crippen LogP contribution in [0.2, 0.25) is 0 Å². The molecule has 4 rings (SSSR count). The van der Waals surface area contributed by atoms with E-state index in [0.717, 1.165) is 13.1 Å². The lowest BCUT2D eigenvalue weighted by Crippen LogP contribution is -2.42. The van der Waals surface area contributed by atoms with Gasteiger partial charge < -0.3 is 5.32 Å². The maximum atomic E-state index is 13.2. The van der Waals surface area contributed by atoms with Crippen molar-refractivity contribution in [2.24, 2.45) is 13.0 Å². The Kier molecular flexibility index (Phi) is 5.40. The molecule has 0 unspecified atom stereocenters. The van der Waals surface area contributed by atoms with E-state index in [9.17, 15) is 4.79 Å². The average molecular weight is 390 g/mol. The summed E-state index contributed by atoms with van der Waals surface area (Å²) in [5, 5.41) is 14.5. The molecule has 7 heteroatoms. The molecule has 3 aromatic rings. The van der Waals surface area contributed by atoms with Gasteiger partial charge in [-0.3, -0.25) is 9.69 Å². The predicted molar refractivity (Wildman–Crippen MR) is 110 cm³/mol. The molecular weight excluding hydrogens is 364 g/mol. The fraction of sp³-hybridized carbons (Fsp3) is 0.364. The first-order chi connectivity index (χ1) is 14.1. The van der Waals surface area contributed by atoms with E-state index in [4.69, 9.17) is 0 Å². The number of hydrogen-bond acceptors (Lipinski definition) is 5. The number of likely N-dealkylation sites (tertiary alicyclic amines) is 1. The third-order valence-corrected chi connectivity index (χ3v) is 5.89. The van der Waals surface area contributed by atoms with Gasteiger partial charge in [-0.05, 0) is 21.6 Å². The van der Waals surface area contributed by atoms with E-state index in [1.807, 2.05) is 24.3 Å². The molecule has 1 amide bonds. The smallest absolute Gasteiger partial charge is 0.225 e. The van der Waals surface area contributed by atoms with Crippen LogP contribution in [0.5, 0.6) is 0 Å². The van der Waals surface area contributed by atoms with Crippen LogP contribution in [0.25, 0.3) is 0 Å². The van der Waals surface area contributed by atoms with Crippen LogP contribution in [0.4, 0.5) is 0 Å². The fourth-order valence-electron chi connectivity index (χ4n) is 4.23. The number of hydrogen-bond donors (Lipinski definition) is 1. The first kappa shape index (κ1) is 19.3. The molecule has 1 aromatic heterocycles. The van der Waals surface area contributed by atoms with E-state index in [1.165, 1.54) is 11.1 Å². The monoisotopic (exact) mass is 390 g/mol. The van der Waals surface area contributed by atoms with Crippen molar-refractivity contribution in [3.8, 4) is 0 Å². The number of carbonyl (C=O) groups is 1. The second-order valence-electron chi connectivity index (χ2n) is 7.93. The molecule has 1 aliphatic rings. The first-order valence-corrected chi connectivity index (χ1v) is 9.87. The van der Waals surface area contributed by atoms with Crippen LogP contribution >= 0.6 is 0 Å². The number of carbonyl (C=O) groups excluding carboxylic acids is 1. The van der Waals surface area contributed by atoms with Gasteiger partial charge in [0, 0.05) is 32.1 Å². The molecule has 150 valence electrons. The minimum absolute atomic E-state index is 0.0370. The Hall–Kier alpha value is -3.06. The number of tetrazole rings is 1. The summed E-state index contributed by atoms with van der Waals surface area (Å²) < 4.78 is 1.58. The van der Waals surface area contributed by atoms with Gasteiger partial charge in [-0.2, -0.15) is 0 Å². The summed E-state index contributed by atoms with van der Waals surface area (Å²) in [7, 11) is 1.77. The van der Waals surface area contributed by atoms with Crippen LogP contribution in [0, 0.1) is 5.92 Å². The van der Waals surface area contributed by atoms with Gasteiger partial charge in [0.15, 0.2) is 5.82 Å². The molecule has 2 heterocycles. The van der Waals surface area contributed by atoms with Gasteiger partial charge in [0.1, 0.15) is 0 Å². The molecule has 7 nitrogen and oxygen atoms in total. The zero-order valence-electron chi connectivity index (χ0n) is 16.8. The number of nitrogens with one attached hydrogen (secondary N) is 1. The van der Waals surface area contributed by atoms with Crippen LogP contribution in [0.1, 0.15) is 23.9 Å². The number of nitrogens with zero attached hydrogens (tertiary/aromatic N) is 5. The highest BCUT2D eigenvalue weighted by atomic mass is 16.2. The Morgan fingerprint density at radius 2 is 1.83 bits per heavy atom. The van der Waals surface area contributed by atoms with Crippen molar-refractivity contribution in [2.75, 3.05) is 13.1 Å². The summed E-state index contributed by atoms with van der Waals surface area (Å²) in [5.74, 6) is 0.517. The van der Waals surface area contributed by atoms with Crippen molar-refractivity contribution in [1.29, 1.82) is 0 Å². The summed E-state index contributed by atoms with van der Waals surface area (Å²) in [6.45, 7) is 4.89. The van der Waals surface area contributed by atoms with Crippen LogP contribution in [0.15, 0.2) is 60.7 Å². The lowest BCUT2D eigenvalue weighted by Gasteiger charge is -2.30. The van der Waals surface area contributed by atoms with Crippen molar-refractivity contribution < 1.29 is 4.79 Å². The maximum Gasteiger partial charge on any atom is 0.225 e. The molecule has 2 aromatic carbocycles. The highest BCUT2D eigenvalue weighted by molar-refractivity contribution is 5.81. The van der Waals surface area contributed by atoms with E-state index >= 15 is 0 Å². The van der Waals surface area contributed by atoms with E-state index in [0.29, 0.717) is 18.9 Å². The molecule has 29 heavy (non-hydrogen) atoms. The Morgan fingerprint density at radius 1 is 1.14 bits per heavy atom. The quantitative estimate of drug-likeness (QED) is 0.696. The lowest BCUT2D eigenvalue weighted by molar-refractivity contribution is -0.126. The summed E-state index contributed by atoms with van der Waals surface area (Å²) >= 11 is 0. The normalized spacial score (nSPS) is 21.9. The largest absolute Gasteiger partial charge is 0.348 e. The van der Waals surface area contributed by atoms with Crippen molar-refractivity contribution >= 4 is 5.91 Å². The van der Waals surface area contributed by atoms with Crippen molar-refractivity contribution in [2.45, 2.75) is 25.4 Å². The van der Waals surface area contributed by atoms with Gasteiger partial charge in [0.2, 0.25) is 5.91 Å². The molecule has 1 aliphatic heterocycles. The number of benzene rings is 2. The molecule has 0 radical (unpaired) electrons. The third kappa shape index (κ3) is 4.05. The van der Waals surface area contributed by atoms with Crippen LogP contribution in [-0.4, -0.2) is 44.1 Å². The molecule has 2 atom stereocenters. The number of aryl methyl sites for hydroxylation is 1. The van der Waals surface area contributed by atoms with E-state index < -0.39 is 0 Å². The van der Waals surface area contributed by atoms with Gasteiger partial charge in [-0.1, -0.05) is 67.6 Å². The van der Waals surface area contributed by atoms with Crippen molar-refractivity contribution in [3.63, 3.8) is 0 Å². The van der Waals surface area contributed by atoms with Gasteiger partial charge in [0.25, 0.3) is 0 Å². The van der Waals surface area contributed by atoms with Crippen LogP contribution in [0.3, 0.4) is 0 Å². The minimum atomic E-state index is -0.266. The zero-order valence-corrected chi connectivity index (χ0v) is 16.8. The third-order valence-electron chi connectivity index (χ3n) is 5.89. The maximum absolute atomic E-state index is 13.2.